The lowest BCUT2D eigenvalue weighted by Crippen LogP contribution is -2.39. The molecular formula is C24H35IN4O3. The Morgan fingerprint density at radius 1 is 1.28 bits per heavy atom. The number of rotatable bonds is 8. The first-order valence-corrected chi connectivity index (χ1v) is 11.0. The predicted octanol–water partition coefficient (Wildman–Crippen LogP) is 3.65. The minimum absolute atomic E-state index is 0. The fourth-order valence-corrected chi connectivity index (χ4v) is 4.00. The number of aliphatic imine (C=N–C) groups is 1. The van der Waals surface area contributed by atoms with Gasteiger partial charge >= 0.3 is 0 Å². The molecule has 0 saturated heterocycles. The van der Waals surface area contributed by atoms with E-state index in [9.17, 15) is 9.90 Å². The molecule has 3 rings (SSSR count). The first-order chi connectivity index (χ1) is 14.8. The molecule has 1 unspecified atom stereocenters. The molecule has 7 nitrogen and oxygen atoms in total. The Balaban J connectivity index is 0.00000363. The van der Waals surface area contributed by atoms with E-state index in [1.165, 1.54) is 5.56 Å². The summed E-state index contributed by atoms with van der Waals surface area (Å²) in [4.78, 5) is 19.1. The third kappa shape index (κ3) is 6.48. The quantitative estimate of drug-likeness (QED) is 0.201. The lowest BCUT2D eigenvalue weighted by Gasteiger charge is -2.21. The van der Waals surface area contributed by atoms with Crippen LogP contribution in [-0.2, 0) is 16.8 Å². The zero-order valence-electron chi connectivity index (χ0n) is 19.4. The average Bonchev–Trinajstić information content (AvgIpc) is 3.32. The highest BCUT2D eigenvalue weighted by molar-refractivity contribution is 14.0. The van der Waals surface area contributed by atoms with Crippen molar-refractivity contribution >= 4 is 41.5 Å². The van der Waals surface area contributed by atoms with Crippen molar-refractivity contribution in [3.05, 3.63) is 53.0 Å². The highest BCUT2D eigenvalue weighted by atomic mass is 127. The van der Waals surface area contributed by atoms with E-state index >= 15 is 0 Å². The van der Waals surface area contributed by atoms with E-state index in [1.54, 1.807) is 6.92 Å². The molecule has 0 fully saturated rings. The van der Waals surface area contributed by atoms with Gasteiger partial charge in [-0.2, -0.15) is 0 Å². The highest BCUT2D eigenvalue weighted by Crippen LogP contribution is 2.28. The van der Waals surface area contributed by atoms with Gasteiger partial charge in [0.15, 0.2) is 5.96 Å². The van der Waals surface area contributed by atoms with Crippen LogP contribution in [0, 0.1) is 13.8 Å². The van der Waals surface area contributed by atoms with Gasteiger partial charge in [0, 0.05) is 37.3 Å². The fourth-order valence-electron chi connectivity index (χ4n) is 4.00. The third-order valence-electron chi connectivity index (χ3n) is 5.56. The first-order valence-electron chi connectivity index (χ1n) is 11.0. The number of carbonyl (C=O) groups is 1. The molecule has 1 aliphatic heterocycles. The van der Waals surface area contributed by atoms with Crippen LogP contribution < -0.4 is 15.5 Å². The lowest BCUT2D eigenvalue weighted by molar-refractivity contribution is -0.118. The Morgan fingerprint density at radius 2 is 2.03 bits per heavy atom. The maximum Gasteiger partial charge on any atom is 0.227 e. The number of anilines is 1. The number of nitrogens with zero attached hydrogens (tertiary/aromatic N) is 2. The van der Waals surface area contributed by atoms with Gasteiger partial charge in [0.1, 0.15) is 17.1 Å². The van der Waals surface area contributed by atoms with Crippen molar-refractivity contribution in [2.45, 2.75) is 52.6 Å². The zero-order chi connectivity index (χ0) is 22.4. The van der Waals surface area contributed by atoms with Crippen LogP contribution >= 0.6 is 24.0 Å². The molecule has 1 amide bonds. The second-order valence-corrected chi connectivity index (χ2v) is 8.25. The Morgan fingerprint density at radius 3 is 2.72 bits per heavy atom. The molecule has 1 aliphatic rings. The number of aliphatic hydroxyl groups is 1. The summed E-state index contributed by atoms with van der Waals surface area (Å²) in [5.74, 6) is 2.26. The number of halogens is 1. The van der Waals surface area contributed by atoms with Gasteiger partial charge in [0.25, 0.3) is 0 Å². The SMILES string of the molecule is CCNC(=NCC(C)(O)c1cc(C)oc1C)NCCCC(=O)N1CCc2ccccc21.I. The molecule has 0 aliphatic carbocycles. The van der Waals surface area contributed by atoms with Crippen LogP contribution in [0.25, 0.3) is 0 Å². The van der Waals surface area contributed by atoms with E-state index in [2.05, 4.69) is 21.7 Å². The van der Waals surface area contributed by atoms with Crippen molar-refractivity contribution in [3.63, 3.8) is 0 Å². The molecule has 32 heavy (non-hydrogen) atoms. The van der Waals surface area contributed by atoms with Gasteiger partial charge in [0.2, 0.25) is 5.91 Å². The van der Waals surface area contributed by atoms with Crippen molar-refractivity contribution in [1.82, 2.24) is 10.6 Å². The van der Waals surface area contributed by atoms with E-state index in [1.807, 2.05) is 49.9 Å². The Bertz CT molecular complexity index is 939. The van der Waals surface area contributed by atoms with Gasteiger partial charge in [0.05, 0.1) is 6.54 Å². The number of fused-ring (bicyclic) bond motifs is 1. The summed E-state index contributed by atoms with van der Waals surface area (Å²) in [5, 5.41) is 17.3. The molecular weight excluding hydrogens is 519 g/mol. The molecule has 0 spiro atoms. The zero-order valence-corrected chi connectivity index (χ0v) is 21.7. The molecule has 0 bridgehead atoms. The molecule has 1 aromatic carbocycles. The molecule has 0 radical (unpaired) electrons. The summed E-state index contributed by atoms with van der Waals surface area (Å²) in [5.41, 5.74) is 1.91. The Hall–Kier alpha value is -2.07. The molecule has 2 heterocycles. The molecule has 3 N–H and O–H groups in total. The number of furan rings is 1. The van der Waals surface area contributed by atoms with E-state index in [0.717, 1.165) is 30.0 Å². The smallest absolute Gasteiger partial charge is 0.227 e. The maximum atomic E-state index is 12.6. The monoisotopic (exact) mass is 554 g/mol. The minimum atomic E-state index is -1.12. The van der Waals surface area contributed by atoms with Gasteiger partial charge < -0.3 is 25.1 Å². The van der Waals surface area contributed by atoms with Crippen molar-refractivity contribution in [1.29, 1.82) is 0 Å². The van der Waals surface area contributed by atoms with Crippen molar-refractivity contribution in [2.75, 3.05) is 31.1 Å². The number of amides is 1. The van der Waals surface area contributed by atoms with E-state index in [-0.39, 0.29) is 36.4 Å². The highest BCUT2D eigenvalue weighted by Gasteiger charge is 2.27. The summed E-state index contributed by atoms with van der Waals surface area (Å²) in [6.07, 6.45) is 2.11. The fraction of sp³-hybridized carbons (Fsp3) is 0.500. The van der Waals surface area contributed by atoms with Crippen LogP contribution in [-0.4, -0.2) is 43.2 Å². The number of hydrogen-bond acceptors (Lipinski definition) is 4. The van der Waals surface area contributed by atoms with Crippen LogP contribution in [0.15, 0.2) is 39.7 Å². The van der Waals surface area contributed by atoms with E-state index in [0.29, 0.717) is 37.7 Å². The van der Waals surface area contributed by atoms with Gasteiger partial charge in [-0.1, -0.05) is 18.2 Å². The summed E-state index contributed by atoms with van der Waals surface area (Å²) >= 11 is 0. The number of para-hydroxylation sites is 1. The number of nitrogens with one attached hydrogen (secondary N) is 2. The number of benzene rings is 1. The molecule has 1 atom stereocenters. The first kappa shape index (κ1) is 26.2. The summed E-state index contributed by atoms with van der Waals surface area (Å²) in [6.45, 7) is 9.74. The normalized spacial score (nSPS) is 15.0. The number of hydrogen-bond donors (Lipinski definition) is 3. The van der Waals surface area contributed by atoms with Crippen molar-refractivity contribution < 1.29 is 14.3 Å². The van der Waals surface area contributed by atoms with Gasteiger partial charge in [-0.3, -0.25) is 4.79 Å². The van der Waals surface area contributed by atoms with Crippen molar-refractivity contribution in [2.24, 2.45) is 4.99 Å². The summed E-state index contributed by atoms with van der Waals surface area (Å²) < 4.78 is 5.55. The molecule has 8 heteroatoms. The maximum absolute atomic E-state index is 12.6. The van der Waals surface area contributed by atoms with E-state index in [4.69, 9.17) is 4.42 Å². The number of guanidine groups is 1. The third-order valence-corrected chi connectivity index (χ3v) is 5.56. The second-order valence-electron chi connectivity index (χ2n) is 8.25. The minimum Gasteiger partial charge on any atom is -0.466 e. The topological polar surface area (TPSA) is 90.1 Å². The average molecular weight is 554 g/mol. The number of carbonyl (C=O) groups excluding carboxylic acids is 1. The Kier molecular flexibility index (Phi) is 9.57. The van der Waals surface area contributed by atoms with Gasteiger partial charge in [-0.05, 0) is 58.2 Å². The largest absolute Gasteiger partial charge is 0.466 e. The summed E-state index contributed by atoms with van der Waals surface area (Å²) in [7, 11) is 0. The summed E-state index contributed by atoms with van der Waals surface area (Å²) in [6, 6.07) is 9.96. The molecule has 176 valence electrons. The predicted molar refractivity (Wildman–Crippen MR) is 139 cm³/mol. The van der Waals surface area contributed by atoms with Crippen LogP contribution in [0.1, 0.15) is 49.3 Å². The standard InChI is InChI=1S/C24H34N4O3.HI/c1-5-25-23(27-16-24(4,30)20-15-17(2)31-18(20)3)26-13-8-11-22(29)28-14-12-19-9-6-7-10-21(19)28;/h6-7,9-10,15,30H,5,8,11-14,16H2,1-4H3,(H2,25,26,27);1H. The lowest BCUT2D eigenvalue weighted by atomic mass is 9.96. The van der Waals surface area contributed by atoms with Crippen molar-refractivity contribution in [3.8, 4) is 0 Å². The number of aryl methyl sites for hydroxylation is 2. The van der Waals surface area contributed by atoms with Crippen LogP contribution in [0.5, 0.6) is 0 Å². The van der Waals surface area contributed by atoms with E-state index < -0.39 is 5.60 Å². The molecule has 2 aromatic rings. The Labute approximate surface area is 207 Å². The van der Waals surface area contributed by atoms with Gasteiger partial charge in [-0.25, -0.2) is 4.99 Å². The molecule has 0 saturated carbocycles. The second kappa shape index (κ2) is 11.7. The van der Waals surface area contributed by atoms with Crippen LogP contribution in [0.2, 0.25) is 0 Å². The van der Waals surface area contributed by atoms with Crippen LogP contribution in [0.4, 0.5) is 5.69 Å². The molecule has 1 aromatic heterocycles. The van der Waals surface area contributed by atoms with Crippen LogP contribution in [0.3, 0.4) is 0 Å². The van der Waals surface area contributed by atoms with Gasteiger partial charge in [-0.15, -0.1) is 24.0 Å².